The van der Waals surface area contributed by atoms with Gasteiger partial charge in [-0.2, -0.15) is 0 Å². The average Bonchev–Trinajstić information content (AvgIpc) is 3.25. The Kier molecular flexibility index (Phi) is 4.91. The Morgan fingerprint density at radius 3 is 2.67 bits per heavy atom. The van der Waals surface area contributed by atoms with E-state index in [2.05, 4.69) is 20.5 Å². The highest BCUT2D eigenvalue weighted by Gasteiger charge is 2.14. The van der Waals surface area contributed by atoms with E-state index in [1.807, 2.05) is 35.9 Å². The highest BCUT2D eigenvalue weighted by Crippen LogP contribution is 2.19. The van der Waals surface area contributed by atoms with Gasteiger partial charge in [0.2, 0.25) is 0 Å². The zero-order chi connectivity index (χ0) is 18.8. The van der Waals surface area contributed by atoms with Gasteiger partial charge in [0.25, 0.3) is 0 Å². The molecule has 2 heterocycles. The maximum atomic E-state index is 12.3. The number of halogens is 1. The molecule has 136 valence electrons. The standard InChI is InChI=1S/C18H15ClN6OS/c1-24-17(10-25-15-5-3-2-4-14(15)20-23-25)21-22-18(24)27-11-16(26)12-6-8-13(19)9-7-12/h2-9H,10-11H2,1H3. The van der Waals surface area contributed by atoms with Crippen LogP contribution < -0.4 is 0 Å². The summed E-state index contributed by atoms with van der Waals surface area (Å²) in [6, 6.07) is 14.6. The second kappa shape index (κ2) is 7.50. The van der Waals surface area contributed by atoms with Crippen molar-refractivity contribution in [3.05, 3.63) is 64.9 Å². The van der Waals surface area contributed by atoms with Gasteiger partial charge in [-0.05, 0) is 36.4 Å². The number of Topliss-reactive ketones (excluding diaryl/α,β-unsaturated/α-hetero) is 1. The van der Waals surface area contributed by atoms with Crippen LogP contribution in [0.1, 0.15) is 16.2 Å². The van der Waals surface area contributed by atoms with E-state index >= 15 is 0 Å². The van der Waals surface area contributed by atoms with Crippen molar-refractivity contribution in [3.8, 4) is 0 Å². The molecule has 27 heavy (non-hydrogen) atoms. The largest absolute Gasteiger partial charge is 0.308 e. The number of fused-ring (bicyclic) bond motifs is 1. The zero-order valence-electron chi connectivity index (χ0n) is 14.4. The summed E-state index contributed by atoms with van der Waals surface area (Å²) in [6.45, 7) is 0.454. The van der Waals surface area contributed by atoms with Gasteiger partial charge in [-0.3, -0.25) is 4.79 Å². The van der Waals surface area contributed by atoms with Crippen LogP contribution >= 0.6 is 23.4 Å². The van der Waals surface area contributed by atoms with Gasteiger partial charge in [0, 0.05) is 17.6 Å². The first-order valence-corrected chi connectivity index (χ1v) is 9.56. The zero-order valence-corrected chi connectivity index (χ0v) is 16.0. The van der Waals surface area contributed by atoms with Gasteiger partial charge < -0.3 is 4.57 Å². The molecule has 0 atom stereocenters. The highest BCUT2D eigenvalue weighted by atomic mass is 35.5. The van der Waals surface area contributed by atoms with Gasteiger partial charge in [-0.25, -0.2) is 4.68 Å². The predicted octanol–water partition coefficient (Wildman–Crippen LogP) is 3.24. The van der Waals surface area contributed by atoms with Crippen LogP contribution in [0.5, 0.6) is 0 Å². The maximum absolute atomic E-state index is 12.3. The van der Waals surface area contributed by atoms with E-state index in [0.717, 1.165) is 16.9 Å². The molecule has 2 aromatic carbocycles. The third-order valence-corrected chi connectivity index (χ3v) is 5.41. The van der Waals surface area contributed by atoms with Gasteiger partial charge in [0.1, 0.15) is 12.1 Å². The molecule has 0 aliphatic rings. The Morgan fingerprint density at radius 1 is 1.07 bits per heavy atom. The molecule has 0 fully saturated rings. The number of para-hydroxylation sites is 1. The molecule has 4 aromatic rings. The van der Waals surface area contributed by atoms with Crippen LogP contribution in [0.3, 0.4) is 0 Å². The van der Waals surface area contributed by atoms with E-state index in [4.69, 9.17) is 11.6 Å². The van der Waals surface area contributed by atoms with E-state index in [-0.39, 0.29) is 11.5 Å². The number of ketones is 1. The molecule has 0 bridgehead atoms. The Hall–Kier alpha value is -2.71. The summed E-state index contributed by atoms with van der Waals surface area (Å²) in [4.78, 5) is 12.3. The predicted molar refractivity (Wildman–Crippen MR) is 104 cm³/mol. The van der Waals surface area contributed by atoms with Crippen LogP contribution in [0, 0.1) is 0 Å². The molecule has 0 saturated carbocycles. The fourth-order valence-corrected chi connectivity index (χ4v) is 3.58. The van der Waals surface area contributed by atoms with Crippen LogP contribution in [0.2, 0.25) is 5.02 Å². The summed E-state index contributed by atoms with van der Waals surface area (Å²) in [6.07, 6.45) is 0. The lowest BCUT2D eigenvalue weighted by molar-refractivity contribution is 0.102. The molecular weight excluding hydrogens is 384 g/mol. The van der Waals surface area contributed by atoms with E-state index in [9.17, 15) is 4.79 Å². The molecule has 9 heteroatoms. The summed E-state index contributed by atoms with van der Waals surface area (Å²) in [5, 5.41) is 18.0. The second-order valence-corrected chi connectivity index (χ2v) is 7.29. The molecular formula is C18H15ClN6OS. The van der Waals surface area contributed by atoms with E-state index in [1.54, 1.807) is 28.9 Å². The molecule has 4 rings (SSSR count). The molecule has 7 nitrogen and oxygen atoms in total. The van der Waals surface area contributed by atoms with Crippen molar-refractivity contribution < 1.29 is 4.79 Å². The minimum Gasteiger partial charge on any atom is -0.308 e. The summed E-state index contributed by atoms with van der Waals surface area (Å²) >= 11 is 7.21. The van der Waals surface area contributed by atoms with Crippen molar-refractivity contribution >= 4 is 40.2 Å². The molecule has 0 N–H and O–H groups in total. The first-order chi connectivity index (χ1) is 13.1. The molecule has 0 unspecified atom stereocenters. The number of carbonyl (C=O) groups is 1. The second-order valence-electron chi connectivity index (χ2n) is 5.91. The fourth-order valence-electron chi connectivity index (χ4n) is 2.63. The molecule has 0 aliphatic carbocycles. The molecule has 0 saturated heterocycles. The molecule has 0 spiro atoms. The van der Waals surface area contributed by atoms with Gasteiger partial charge in [0.15, 0.2) is 16.8 Å². The minimum absolute atomic E-state index is 0.0171. The summed E-state index contributed by atoms with van der Waals surface area (Å²) in [7, 11) is 1.88. The Bertz CT molecular complexity index is 1100. The van der Waals surface area contributed by atoms with Crippen LogP contribution in [0.15, 0.2) is 53.7 Å². The monoisotopic (exact) mass is 398 g/mol. The smallest absolute Gasteiger partial charge is 0.191 e. The Morgan fingerprint density at radius 2 is 1.85 bits per heavy atom. The fraction of sp³-hybridized carbons (Fsp3) is 0.167. The molecule has 2 aromatic heterocycles. The topological polar surface area (TPSA) is 78.5 Å². The van der Waals surface area contributed by atoms with Crippen molar-refractivity contribution in [2.45, 2.75) is 11.7 Å². The van der Waals surface area contributed by atoms with Gasteiger partial charge >= 0.3 is 0 Å². The summed E-state index contributed by atoms with van der Waals surface area (Å²) in [5.41, 5.74) is 2.40. The summed E-state index contributed by atoms with van der Waals surface area (Å²) in [5.74, 6) is 1.04. The van der Waals surface area contributed by atoms with Crippen molar-refractivity contribution in [2.75, 3.05) is 5.75 Å². The number of nitrogens with zero attached hydrogens (tertiary/aromatic N) is 6. The van der Waals surface area contributed by atoms with Crippen LogP contribution in [0.25, 0.3) is 11.0 Å². The number of hydrogen-bond acceptors (Lipinski definition) is 6. The average molecular weight is 399 g/mol. The van der Waals surface area contributed by atoms with E-state index in [0.29, 0.717) is 22.3 Å². The number of carbonyl (C=O) groups excluding carboxylic acids is 1. The third kappa shape index (κ3) is 3.72. The lowest BCUT2D eigenvalue weighted by Gasteiger charge is -2.04. The molecule has 0 aliphatic heterocycles. The quantitative estimate of drug-likeness (QED) is 0.366. The first kappa shape index (κ1) is 17.7. The minimum atomic E-state index is 0.0171. The van der Waals surface area contributed by atoms with Crippen LogP contribution in [0.4, 0.5) is 0 Å². The van der Waals surface area contributed by atoms with Crippen molar-refractivity contribution in [2.24, 2.45) is 7.05 Å². The van der Waals surface area contributed by atoms with Crippen molar-refractivity contribution in [1.29, 1.82) is 0 Å². The number of rotatable bonds is 6. The Labute approximate surface area is 164 Å². The molecule has 0 amide bonds. The highest BCUT2D eigenvalue weighted by molar-refractivity contribution is 7.99. The lowest BCUT2D eigenvalue weighted by atomic mass is 10.1. The van der Waals surface area contributed by atoms with Crippen molar-refractivity contribution in [3.63, 3.8) is 0 Å². The number of hydrogen-bond donors (Lipinski definition) is 0. The van der Waals surface area contributed by atoms with Crippen LogP contribution in [-0.2, 0) is 13.6 Å². The molecule has 0 radical (unpaired) electrons. The normalized spacial score (nSPS) is 11.2. The summed E-state index contributed by atoms with van der Waals surface area (Å²) < 4.78 is 3.66. The Balaban J connectivity index is 1.46. The first-order valence-electron chi connectivity index (χ1n) is 8.20. The lowest BCUT2D eigenvalue weighted by Crippen LogP contribution is -2.08. The third-order valence-electron chi connectivity index (χ3n) is 4.14. The SMILES string of the molecule is Cn1c(Cn2nnc3ccccc32)nnc1SCC(=O)c1ccc(Cl)cc1. The van der Waals surface area contributed by atoms with Gasteiger partial charge in [-0.15, -0.1) is 15.3 Å². The van der Waals surface area contributed by atoms with Crippen LogP contribution in [-0.4, -0.2) is 41.3 Å². The number of aromatic nitrogens is 6. The number of thioether (sulfide) groups is 1. The van der Waals surface area contributed by atoms with Gasteiger partial charge in [0.05, 0.1) is 11.3 Å². The van der Waals surface area contributed by atoms with Crippen molar-refractivity contribution in [1.82, 2.24) is 29.8 Å². The number of benzene rings is 2. The maximum Gasteiger partial charge on any atom is 0.191 e. The van der Waals surface area contributed by atoms with E-state index in [1.165, 1.54) is 11.8 Å². The van der Waals surface area contributed by atoms with E-state index < -0.39 is 0 Å². The van der Waals surface area contributed by atoms with Gasteiger partial charge in [-0.1, -0.05) is 40.7 Å².